The summed E-state index contributed by atoms with van der Waals surface area (Å²) in [4.78, 5) is 31.3. The van der Waals surface area contributed by atoms with Crippen molar-refractivity contribution in [3.8, 4) is 0 Å². The van der Waals surface area contributed by atoms with E-state index < -0.39 is 6.10 Å². The Morgan fingerprint density at radius 1 is 1.25 bits per heavy atom. The highest BCUT2D eigenvalue weighted by Crippen LogP contribution is 2.34. The van der Waals surface area contributed by atoms with E-state index in [1.54, 1.807) is 12.4 Å². The Morgan fingerprint density at radius 3 is 2.89 bits per heavy atom. The lowest BCUT2D eigenvalue weighted by atomic mass is 9.91. The maximum atomic E-state index is 12.9. The molecule has 2 amide bonds. The van der Waals surface area contributed by atoms with Gasteiger partial charge in [0.1, 0.15) is 6.10 Å². The summed E-state index contributed by atoms with van der Waals surface area (Å²) in [7, 11) is 0. The van der Waals surface area contributed by atoms with Gasteiger partial charge < -0.3 is 15.0 Å². The Kier molecular flexibility index (Phi) is 5.39. The molecule has 1 N–H and O–H groups in total. The summed E-state index contributed by atoms with van der Waals surface area (Å²) in [5.74, 6) is 0.287. The molecule has 2 aliphatic rings. The number of benzene rings is 1. The number of aromatic nitrogens is 1. The minimum absolute atomic E-state index is 0.0460. The highest BCUT2D eigenvalue weighted by atomic mass is 16.5. The summed E-state index contributed by atoms with van der Waals surface area (Å²) >= 11 is 0. The highest BCUT2D eigenvalue weighted by molar-refractivity contribution is 5.95. The summed E-state index contributed by atoms with van der Waals surface area (Å²) < 4.78 is 6.04. The molecule has 2 aromatic rings. The fraction of sp³-hybridized carbons (Fsp3) is 0.409. The topological polar surface area (TPSA) is 71.5 Å². The van der Waals surface area contributed by atoms with E-state index in [0.717, 1.165) is 29.5 Å². The monoisotopic (exact) mass is 379 g/mol. The van der Waals surface area contributed by atoms with E-state index in [1.165, 1.54) is 0 Å². The Bertz CT molecular complexity index is 855. The van der Waals surface area contributed by atoms with Crippen molar-refractivity contribution in [2.45, 2.75) is 38.5 Å². The Balaban J connectivity index is 1.34. The number of hydrogen-bond acceptors (Lipinski definition) is 4. The summed E-state index contributed by atoms with van der Waals surface area (Å²) in [6, 6.07) is 11.4. The first-order valence-corrected chi connectivity index (χ1v) is 9.79. The molecule has 2 saturated heterocycles. The number of rotatable bonds is 4. The van der Waals surface area contributed by atoms with Gasteiger partial charge in [0.05, 0.1) is 6.10 Å². The maximum Gasteiger partial charge on any atom is 0.254 e. The van der Waals surface area contributed by atoms with Crippen molar-refractivity contribution in [2.24, 2.45) is 5.92 Å². The van der Waals surface area contributed by atoms with Gasteiger partial charge in [-0.05, 0) is 48.9 Å². The molecule has 3 heterocycles. The molecule has 6 heteroatoms. The van der Waals surface area contributed by atoms with Gasteiger partial charge in [0.2, 0.25) is 5.91 Å². The fourth-order valence-corrected chi connectivity index (χ4v) is 4.07. The molecule has 2 aliphatic heterocycles. The number of nitrogens with zero attached hydrogens (tertiary/aromatic N) is 2. The van der Waals surface area contributed by atoms with Crippen LogP contribution in [0.3, 0.4) is 0 Å². The van der Waals surface area contributed by atoms with Gasteiger partial charge in [-0.25, -0.2) is 0 Å². The zero-order chi connectivity index (χ0) is 19.5. The van der Waals surface area contributed by atoms with E-state index >= 15 is 0 Å². The molecule has 6 nitrogen and oxygen atoms in total. The third-order valence-electron chi connectivity index (χ3n) is 5.70. The molecule has 0 radical (unpaired) electrons. The van der Waals surface area contributed by atoms with E-state index in [4.69, 9.17) is 4.74 Å². The Morgan fingerprint density at radius 2 is 2.11 bits per heavy atom. The predicted molar refractivity (Wildman–Crippen MR) is 105 cm³/mol. The van der Waals surface area contributed by atoms with Gasteiger partial charge in [0, 0.05) is 37.6 Å². The number of carbonyl (C=O) groups excluding carboxylic acids is 2. The molecule has 1 aromatic heterocycles. The SMILES string of the molecule is Cc1ccccc1C(=O)N1CC[C@H]2C[C@H](C(=O)NCc3cccnc3)O[C@@H]2C1. The molecule has 0 spiro atoms. The van der Waals surface area contributed by atoms with Gasteiger partial charge in [-0.2, -0.15) is 0 Å². The average Bonchev–Trinajstić information content (AvgIpc) is 3.16. The van der Waals surface area contributed by atoms with E-state index in [-0.39, 0.29) is 17.9 Å². The van der Waals surface area contributed by atoms with Crippen LogP contribution in [0.15, 0.2) is 48.8 Å². The minimum atomic E-state index is -0.444. The lowest BCUT2D eigenvalue weighted by Crippen LogP contribution is -2.45. The van der Waals surface area contributed by atoms with Gasteiger partial charge in [-0.15, -0.1) is 0 Å². The third-order valence-corrected chi connectivity index (χ3v) is 5.70. The smallest absolute Gasteiger partial charge is 0.254 e. The number of amides is 2. The molecule has 0 aliphatic carbocycles. The molecule has 3 atom stereocenters. The van der Waals surface area contributed by atoms with Gasteiger partial charge in [0.15, 0.2) is 0 Å². The van der Waals surface area contributed by atoms with Crippen LogP contribution in [0.25, 0.3) is 0 Å². The number of fused-ring (bicyclic) bond motifs is 1. The van der Waals surface area contributed by atoms with Crippen LogP contribution >= 0.6 is 0 Å². The number of pyridine rings is 1. The number of nitrogens with one attached hydrogen (secondary N) is 1. The number of ether oxygens (including phenoxy) is 1. The van der Waals surface area contributed by atoms with Crippen molar-refractivity contribution in [2.75, 3.05) is 13.1 Å². The second-order valence-corrected chi connectivity index (χ2v) is 7.59. The molecule has 146 valence electrons. The fourth-order valence-electron chi connectivity index (χ4n) is 4.07. The van der Waals surface area contributed by atoms with Crippen LogP contribution in [0.1, 0.15) is 34.3 Å². The molecule has 2 fully saturated rings. The van der Waals surface area contributed by atoms with Crippen molar-refractivity contribution in [3.63, 3.8) is 0 Å². The lowest BCUT2D eigenvalue weighted by Gasteiger charge is -2.34. The first kappa shape index (κ1) is 18.6. The van der Waals surface area contributed by atoms with Crippen LogP contribution in [0, 0.1) is 12.8 Å². The summed E-state index contributed by atoms with van der Waals surface area (Å²) in [6.45, 7) is 3.65. The van der Waals surface area contributed by atoms with Crippen molar-refractivity contribution in [1.82, 2.24) is 15.2 Å². The molecular formula is C22H25N3O3. The molecular weight excluding hydrogens is 354 g/mol. The zero-order valence-electron chi connectivity index (χ0n) is 16.0. The lowest BCUT2D eigenvalue weighted by molar-refractivity contribution is -0.132. The van der Waals surface area contributed by atoms with Crippen molar-refractivity contribution >= 4 is 11.8 Å². The van der Waals surface area contributed by atoms with Crippen LogP contribution in [0.5, 0.6) is 0 Å². The number of hydrogen-bond donors (Lipinski definition) is 1. The van der Waals surface area contributed by atoms with Gasteiger partial charge in [0.25, 0.3) is 5.91 Å². The van der Waals surface area contributed by atoms with Crippen molar-refractivity contribution in [1.29, 1.82) is 0 Å². The van der Waals surface area contributed by atoms with Crippen LogP contribution in [-0.4, -0.2) is 47.0 Å². The van der Waals surface area contributed by atoms with Gasteiger partial charge in [-0.3, -0.25) is 14.6 Å². The second kappa shape index (κ2) is 8.10. The highest BCUT2D eigenvalue weighted by Gasteiger charge is 2.42. The molecule has 0 saturated carbocycles. The van der Waals surface area contributed by atoms with E-state index in [0.29, 0.717) is 25.6 Å². The van der Waals surface area contributed by atoms with E-state index in [9.17, 15) is 9.59 Å². The number of likely N-dealkylation sites (tertiary alicyclic amines) is 1. The molecule has 4 rings (SSSR count). The van der Waals surface area contributed by atoms with Crippen LogP contribution in [0.4, 0.5) is 0 Å². The molecule has 0 unspecified atom stereocenters. The normalized spacial score (nSPS) is 23.9. The first-order chi connectivity index (χ1) is 13.6. The van der Waals surface area contributed by atoms with Gasteiger partial charge >= 0.3 is 0 Å². The molecule has 1 aromatic carbocycles. The van der Waals surface area contributed by atoms with Gasteiger partial charge in [-0.1, -0.05) is 24.3 Å². The minimum Gasteiger partial charge on any atom is -0.363 e. The predicted octanol–water partition coefficient (Wildman–Crippen LogP) is 2.33. The summed E-state index contributed by atoms with van der Waals surface area (Å²) in [6.07, 6.45) is 4.52. The maximum absolute atomic E-state index is 12.9. The van der Waals surface area contributed by atoms with Crippen molar-refractivity contribution < 1.29 is 14.3 Å². The third kappa shape index (κ3) is 3.92. The Hall–Kier alpha value is -2.73. The first-order valence-electron chi connectivity index (χ1n) is 9.79. The summed E-state index contributed by atoms with van der Waals surface area (Å²) in [5, 5.41) is 2.93. The number of carbonyl (C=O) groups is 2. The van der Waals surface area contributed by atoms with E-state index in [2.05, 4.69) is 10.3 Å². The quantitative estimate of drug-likeness (QED) is 0.885. The standard InChI is InChI=1S/C22H25N3O3/c1-15-5-2-3-7-18(15)22(27)25-10-8-17-11-19(28-20(17)14-25)21(26)24-13-16-6-4-9-23-12-16/h2-7,9,12,17,19-20H,8,10-11,13-14H2,1H3,(H,24,26)/t17-,19+,20+/m0/s1. The van der Waals surface area contributed by atoms with E-state index in [1.807, 2.05) is 48.2 Å². The Labute approximate surface area is 164 Å². The molecule has 0 bridgehead atoms. The van der Waals surface area contributed by atoms with Crippen LogP contribution in [0.2, 0.25) is 0 Å². The van der Waals surface area contributed by atoms with Crippen molar-refractivity contribution in [3.05, 3.63) is 65.5 Å². The van der Waals surface area contributed by atoms with Crippen LogP contribution < -0.4 is 5.32 Å². The zero-order valence-corrected chi connectivity index (χ0v) is 16.0. The average molecular weight is 379 g/mol. The second-order valence-electron chi connectivity index (χ2n) is 7.59. The van der Waals surface area contributed by atoms with Crippen LogP contribution in [-0.2, 0) is 16.1 Å². The largest absolute Gasteiger partial charge is 0.363 e. The molecule has 28 heavy (non-hydrogen) atoms. The number of piperidine rings is 1. The number of aryl methyl sites for hydroxylation is 1. The summed E-state index contributed by atoms with van der Waals surface area (Å²) in [5.41, 5.74) is 2.68.